The molecule has 0 aliphatic heterocycles. The van der Waals surface area contributed by atoms with Crippen LogP contribution in [0.1, 0.15) is 11.4 Å². The largest absolute Gasteiger partial charge is 0.307 e. The molecule has 3 aromatic rings. The number of fused-ring (bicyclic) bond motifs is 1. The van der Waals surface area contributed by atoms with Crippen LogP contribution in [0.15, 0.2) is 34.9 Å². The summed E-state index contributed by atoms with van der Waals surface area (Å²) in [4.78, 5) is 8.71. The average Bonchev–Trinajstić information content (AvgIpc) is 2.80. The van der Waals surface area contributed by atoms with Crippen LogP contribution in [0.25, 0.3) is 11.2 Å². The van der Waals surface area contributed by atoms with Crippen molar-refractivity contribution in [3.63, 3.8) is 0 Å². The summed E-state index contributed by atoms with van der Waals surface area (Å²) in [7, 11) is 0. The van der Waals surface area contributed by atoms with Crippen molar-refractivity contribution in [2.75, 3.05) is 0 Å². The minimum Gasteiger partial charge on any atom is -0.307 e. The third kappa shape index (κ3) is 2.78. The third-order valence-electron chi connectivity index (χ3n) is 3.07. The number of hydrogen-bond acceptors (Lipinski definition) is 2. The van der Waals surface area contributed by atoms with Crippen LogP contribution in [0.4, 0.5) is 8.78 Å². The lowest BCUT2D eigenvalue weighted by Gasteiger charge is -2.07. The molecule has 0 N–H and O–H groups in total. The number of pyridine rings is 1. The maximum absolute atomic E-state index is 13.3. The van der Waals surface area contributed by atoms with E-state index in [9.17, 15) is 8.78 Å². The van der Waals surface area contributed by atoms with E-state index in [4.69, 9.17) is 11.6 Å². The van der Waals surface area contributed by atoms with Crippen molar-refractivity contribution in [1.29, 1.82) is 0 Å². The predicted octanol–water partition coefficient (Wildman–Crippen LogP) is 4.26. The molecule has 108 valence electrons. The number of imidazole rings is 1. The van der Waals surface area contributed by atoms with Gasteiger partial charge in [0, 0.05) is 10.7 Å². The van der Waals surface area contributed by atoms with Crippen LogP contribution in [0.3, 0.4) is 0 Å². The van der Waals surface area contributed by atoms with Crippen LogP contribution < -0.4 is 0 Å². The topological polar surface area (TPSA) is 30.7 Å². The Bertz CT molecular complexity index is 819. The summed E-state index contributed by atoms with van der Waals surface area (Å²) in [6.45, 7) is 0.324. The molecule has 0 saturated carbocycles. The molecule has 0 radical (unpaired) electrons. The highest BCUT2D eigenvalue weighted by Gasteiger charge is 2.13. The van der Waals surface area contributed by atoms with Gasteiger partial charge in [0.2, 0.25) is 0 Å². The van der Waals surface area contributed by atoms with Gasteiger partial charge in [-0.15, -0.1) is 11.6 Å². The lowest BCUT2D eigenvalue weighted by molar-refractivity contribution is 0.506. The highest BCUT2D eigenvalue weighted by molar-refractivity contribution is 9.10. The van der Waals surface area contributed by atoms with Crippen LogP contribution in [-0.4, -0.2) is 14.5 Å². The number of alkyl halides is 1. The Morgan fingerprint density at radius 2 is 2.00 bits per heavy atom. The van der Waals surface area contributed by atoms with Gasteiger partial charge in [-0.05, 0) is 39.7 Å². The van der Waals surface area contributed by atoms with Crippen molar-refractivity contribution in [1.82, 2.24) is 14.5 Å². The molecule has 21 heavy (non-hydrogen) atoms. The van der Waals surface area contributed by atoms with Gasteiger partial charge in [0.05, 0.1) is 12.4 Å². The van der Waals surface area contributed by atoms with E-state index in [1.54, 1.807) is 10.8 Å². The summed E-state index contributed by atoms with van der Waals surface area (Å²) in [5, 5.41) is 0. The Morgan fingerprint density at radius 1 is 1.19 bits per heavy atom. The van der Waals surface area contributed by atoms with Gasteiger partial charge >= 0.3 is 0 Å². The molecule has 0 aliphatic carbocycles. The van der Waals surface area contributed by atoms with Gasteiger partial charge in [-0.25, -0.2) is 18.7 Å². The normalized spacial score (nSPS) is 11.2. The molecule has 0 spiro atoms. The Labute approximate surface area is 132 Å². The fourth-order valence-corrected chi connectivity index (χ4v) is 2.65. The highest BCUT2D eigenvalue weighted by Crippen LogP contribution is 2.21. The Kier molecular flexibility index (Phi) is 3.91. The first-order valence-electron chi connectivity index (χ1n) is 6.09. The van der Waals surface area contributed by atoms with E-state index < -0.39 is 11.6 Å². The molecule has 0 unspecified atom stereocenters. The number of benzene rings is 1. The molecule has 7 heteroatoms. The van der Waals surface area contributed by atoms with Gasteiger partial charge in [-0.1, -0.05) is 6.07 Å². The molecule has 0 fully saturated rings. The second-order valence-electron chi connectivity index (χ2n) is 4.49. The molecule has 1 aromatic carbocycles. The van der Waals surface area contributed by atoms with E-state index in [1.807, 2.05) is 6.07 Å². The molecule has 0 bridgehead atoms. The third-order valence-corrected chi connectivity index (χ3v) is 3.75. The summed E-state index contributed by atoms with van der Waals surface area (Å²) in [6.07, 6.45) is 1.66. The van der Waals surface area contributed by atoms with Crippen molar-refractivity contribution >= 4 is 38.7 Å². The molecule has 2 aromatic heterocycles. The summed E-state index contributed by atoms with van der Waals surface area (Å²) in [5.41, 5.74) is 1.96. The van der Waals surface area contributed by atoms with Gasteiger partial charge in [0.1, 0.15) is 11.3 Å². The monoisotopic (exact) mass is 371 g/mol. The lowest BCUT2D eigenvalue weighted by Crippen LogP contribution is -2.05. The van der Waals surface area contributed by atoms with Gasteiger partial charge in [0.25, 0.3) is 0 Å². The zero-order valence-corrected chi connectivity index (χ0v) is 13.0. The number of halogens is 4. The molecule has 3 rings (SSSR count). The van der Waals surface area contributed by atoms with Crippen molar-refractivity contribution in [3.8, 4) is 0 Å². The number of hydrogen-bond donors (Lipinski definition) is 0. The second kappa shape index (κ2) is 5.69. The van der Waals surface area contributed by atoms with E-state index in [0.717, 1.165) is 16.6 Å². The molecule has 0 aliphatic rings. The Hall–Kier alpha value is -1.53. The fraction of sp³-hybridized carbons (Fsp3) is 0.143. The summed E-state index contributed by atoms with van der Waals surface area (Å²) >= 11 is 9.25. The SMILES string of the molecule is Fc1ccc(Cn2c(CCl)nc3cc(Br)cnc32)cc1F. The fourth-order valence-electron chi connectivity index (χ4n) is 2.12. The molecule has 3 nitrogen and oxygen atoms in total. The zero-order chi connectivity index (χ0) is 15.0. The quantitative estimate of drug-likeness (QED) is 0.643. The minimum atomic E-state index is -0.875. The molecular weight excluding hydrogens is 364 g/mol. The van der Waals surface area contributed by atoms with E-state index in [1.165, 1.54) is 6.07 Å². The lowest BCUT2D eigenvalue weighted by atomic mass is 10.2. The van der Waals surface area contributed by atoms with Crippen LogP contribution in [0, 0.1) is 11.6 Å². The van der Waals surface area contributed by atoms with Crippen LogP contribution in [0.2, 0.25) is 0 Å². The maximum Gasteiger partial charge on any atom is 0.160 e. The maximum atomic E-state index is 13.3. The van der Waals surface area contributed by atoms with Crippen molar-refractivity contribution in [3.05, 3.63) is 58.0 Å². The standard InChI is InChI=1S/C14H9BrClF2N3/c15-9-4-12-14(19-6-9)21(13(5-16)20-12)7-8-1-2-10(17)11(18)3-8/h1-4,6H,5,7H2. The van der Waals surface area contributed by atoms with Crippen molar-refractivity contribution in [2.24, 2.45) is 0 Å². The average molecular weight is 373 g/mol. The molecule has 2 heterocycles. The Balaban J connectivity index is 2.08. The van der Waals surface area contributed by atoms with Gasteiger partial charge in [-0.2, -0.15) is 0 Å². The van der Waals surface area contributed by atoms with Crippen LogP contribution in [0.5, 0.6) is 0 Å². The highest BCUT2D eigenvalue weighted by atomic mass is 79.9. The van der Waals surface area contributed by atoms with Gasteiger partial charge < -0.3 is 4.57 Å². The first kappa shape index (κ1) is 14.4. The minimum absolute atomic E-state index is 0.206. The number of aromatic nitrogens is 3. The van der Waals surface area contributed by atoms with Crippen LogP contribution in [-0.2, 0) is 12.4 Å². The predicted molar refractivity (Wildman–Crippen MR) is 80.2 cm³/mol. The summed E-state index contributed by atoms with van der Waals surface area (Å²) < 4.78 is 28.9. The summed E-state index contributed by atoms with van der Waals surface area (Å²) in [6, 6.07) is 5.63. The van der Waals surface area contributed by atoms with Crippen molar-refractivity contribution in [2.45, 2.75) is 12.4 Å². The molecule has 0 saturated heterocycles. The molecule has 0 atom stereocenters. The second-order valence-corrected chi connectivity index (χ2v) is 5.68. The molecule has 0 amide bonds. The number of rotatable bonds is 3. The van der Waals surface area contributed by atoms with Crippen LogP contribution >= 0.6 is 27.5 Å². The summed E-state index contributed by atoms with van der Waals surface area (Å²) in [5.74, 6) is -0.909. The van der Waals surface area contributed by atoms with Gasteiger partial charge in [-0.3, -0.25) is 0 Å². The Morgan fingerprint density at radius 3 is 2.71 bits per heavy atom. The first-order chi connectivity index (χ1) is 10.1. The van der Waals surface area contributed by atoms with E-state index >= 15 is 0 Å². The first-order valence-corrected chi connectivity index (χ1v) is 7.42. The van der Waals surface area contributed by atoms with E-state index in [2.05, 4.69) is 25.9 Å². The smallest absolute Gasteiger partial charge is 0.160 e. The van der Waals surface area contributed by atoms with Gasteiger partial charge in [0.15, 0.2) is 17.3 Å². The number of nitrogens with zero attached hydrogens (tertiary/aromatic N) is 3. The van der Waals surface area contributed by atoms with E-state index in [-0.39, 0.29) is 5.88 Å². The zero-order valence-electron chi connectivity index (χ0n) is 10.7. The van der Waals surface area contributed by atoms with Crippen molar-refractivity contribution < 1.29 is 8.78 Å². The molecular formula is C14H9BrClF2N3. The van der Waals surface area contributed by atoms with E-state index in [0.29, 0.717) is 29.1 Å².